The summed E-state index contributed by atoms with van der Waals surface area (Å²) in [5, 5.41) is 4.35. The van der Waals surface area contributed by atoms with Gasteiger partial charge in [-0.1, -0.05) is 29.8 Å². The molecule has 1 unspecified atom stereocenters. The van der Waals surface area contributed by atoms with Crippen molar-refractivity contribution in [3.63, 3.8) is 0 Å². The first-order valence-corrected chi connectivity index (χ1v) is 5.92. The Kier molecular flexibility index (Phi) is 3.92. The molecule has 2 rings (SSSR count). The summed E-state index contributed by atoms with van der Waals surface area (Å²) >= 11 is 0. The maximum atomic E-state index is 5.57. The first-order chi connectivity index (χ1) is 8.70. The zero-order chi connectivity index (χ0) is 13.0. The van der Waals surface area contributed by atoms with Crippen molar-refractivity contribution in [2.75, 3.05) is 0 Å². The van der Waals surface area contributed by atoms with Crippen LogP contribution in [0, 0.1) is 0 Å². The molecule has 1 aromatic carbocycles. The second-order valence-electron chi connectivity index (χ2n) is 4.44. The maximum absolute atomic E-state index is 5.57. The molecule has 0 saturated heterocycles. The van der Waals surface area contributed by atoms with E-state index >= 15 is 0 Å². The summed E-state index contributed by atoms with van der Waals surface area (Å²) in [4.78, 5) is 0. The molecule has 0 fully saturated rings. The van der Waals surface area contributed by atoms with Crippen LogP contribution in [0.5, 0.6) is 0 Å². The normalized spacial score (nSPS) is 12.2. The molecule has 0 spiro atoms. The smallest absolute Gasteiger partial charge is 0.0674 e. The highest BCUT2D eigenvalue weighted by atomic mass is 15.3. The summed E-state index contributed by atoms with van der Waals surface area (Å²) in [6.45, 7) is 4.10. The summed E-state index contributed by atoms with van der Waals surface area (Å²) in [5.41, 5.74) is 6.08. The first-order valence-electron chi connectivity index (χ1n) is 5.92. The molecular formula is C14H18N4. The van der Waals surface area contributed by atoms with Gasteiger partial charge in [0.05, 0.1) is 17.9 Å². The number of nitrogens with zero attached hydrogens (tertiary/aromatic N) is 2. The third-order valence-corrected chi connectivity index (χ3v) is 2.66. The summed E-state index contributed by atoms with van der Waals surface area (Å²) < 4.78 is 1.85. The van der Waals surface area contributed by atoms with Crippen LogP contribution in [0.15, 0.2) is 54.4 Å². The lowest BCUT2D eigenvalue weighted by Crippen LogP contribution is -2.26. The lowest BCUT2D eigenvalue weighted by molar-refractivity contribution is 0.651. The van der Waals surface area contributed by atoms with Crippen molar-refractivity contribution in [2.45, 2.75) is 19.9 Å². The number of allylic oxidation sites excluding steroid dienone is 1. The summed E-state index contributed by atoms with van der Waals surface area (Å²) in [6, 6.07) is 10.00. The molecule has 1 aromatic heterocycles. The minimum absolute atomic E-state index is 0.00698. The van der Waals surface area contributed by atoms with E-state index in [2.05, 4.69) is 16.6 Å². The van der Waals surface area contributed by atoms with Crippen LogP contribution in [0.25, 0.3) is 5.69 Å². The topological polar surface area (TPSA) is 55.9 Å². The number of nitrogens with two attached hydrogens (primary N) is 1. The second-order valence-corrected chi connectivity index (χ2v) is 4.44. The fourth-order valence-corrected chi connectivity index (χ4v) is 1.79. The maximum Gasteiger partial charge on any atom is 0.0674 e. The van der Waals surface area contributed by atoms with Crippen molar-refractivity contribution < 1.29 is 0 Å². The van der Waals surface area contributed by atoms with Gasteiger partial charge in [-0.05, 0) is 26.0 Å². The summed E-state index contributed by atoms with van der Waals surface area (Å²) in [6.07, 6.45) is 5.89. The molecule has 4 heteroatoms. The third-order valence-electron chi connectivity index (χ3n) is 2.66. The predicted octanol–water partition coefficient (Wildman–Crippen LogP) is 2.34. The Hall–Kier alpha value is -1.91. The van der Waals surface area contributed by atoms with Gasteiger partial charge in [0.2, 0.25) is 0 Å². The number of aromatic nitrogens is 2. The molecule has 1 atom stereocenters. The van der Waals surface area contributed by atoms with Crippen molar-refractivity contribution in [1.82, 2.24) is 15.2 Å². The SMILES string of the molecule is CC(C)=CC(NN)c1cnn(-c2ccccc2)c1. The summed E-state index contributed by atoms with van der Waals surface area (Å²) in [5.74, 6) is 5.57. The van der Waals surface area contributed by atoms with Gasteiger partial charge in [0.25, 0.3) is 0 Å². The number of rotatable bonds is 4. The molecule has 0 aliphatic rings. The molecule has 3 N–H and O–H groups in total. The van der Waals surface area contributed by atoms with E-state index in [1.807, 2.05) is 61.3 Å². The number of nitrogens with one attached hydrogen (secondary N) is 1. The van der Waals surface area contributed by atoms with Crippen molar-refractivity contribution in [3.05, 3.63) is 59.9 Å². The van der Waals surface area contributed by atoms with Crippen LogP contribution in [-0.2, 0) is 0 Å². The number of hydrogen-bond donors (Lipinski definition) is 2. The zero-order valence-corrected chi connectivity index (χ0v) is 10.7. The molecule has 0 saturated carbocycles. The third kappa shape index (κ3) is 2.85. The Morgan fingerprint density at radius 2 is 2.06 bits per heavy atom. The van der Waals surface area contributed by atoms with Crippen molar-refractivity contribution in [3.8, 4) is 5.69 Å². The molecule has 94 valence electrons. The van der Waals surface area contributed by atoms with E-state index in [-0.39, 0.29) is 6.04 Å². The van der Waals surface area contributed by atoms with Crippen molar-refractivity contribution >= 4 is 0 Å². The van der Waals surface area contributed by atoms with Crippen molar-refractivity contribution in [1.29, 1.82) is 0 Å². The average molecular weight is 242 g/mol. The second kappa shape index (κ2) is 5.62. The monoisotopic (exact) mass is 242 g/mol. The van der Waals surface area contributed by atoms with E-state index in [9.17, 15) is 0 Å². The molecule has 0 amide bonds. The fraction of sp³-hybridized carbons (Fsp3) is 0.214. The lowest BCUT2D eigenvalue weighted by atomic mass is 10.1. The van der Waals surface area contributed by atoms with E-state index in [0.717, 1.165) is 11.3 Å². The number of hydrogen-bond acceptors (Lipinski definition) is 3. The average Bonchev–Trinajstić information content (AvgIpc) is 2.86. The van der Waals surface area contributed by atoms with Gasteiger partial charge in [-0.3, -0.25) is 5.84 Å². The highest BCUT2D eigenvalue weighted by Crippen LogP contribution is 2.16. The van der Waals surface area contributed by atoms with Gasteiger partial charge in [-0.25, -0.2) is 10.1 Å². The van der Waals surface area contributed by atoms with E-state index in [0.29, 0.717) is 0 Å². The highest BCUT2D eigenvalue weighted by Gasteiger charge is 2.09. The van der Waals surface area contributed by atoms with E-state index in [4.69, 9.17) is 5.84 Å². The van der Waals surface area contributed by atoms with Crippen LogP contribution in [0.3, 0.4) is 0 Å². The van der Waals surface area contributed by atoms with E-state index in [1.165, 1.54) is 5.57 Å². The molecule has 18 heavy (non-hydrogen) atoms. The Morgan fingerprint density at radius 1 is 1.33 bits per heavy atom. The van der Waals surface area contributed by atoms with Gasteiger partial charge >= 0.3 is 0 Å². The van der Waals surface area contributed by atoms with Gasteiger partial charge in [-0.15, -0.1) is 0 Å². The van der Waals surface area contributed by atoms with Crippen LogP contribution in [0.2, 0.25) is 0 Å². The van der Waals surface area contributed by atoms with E-state index in [1.54, 1.807) is 0 Å². The van der Waals surface area contributed by atoms with Crippen LogP contribution < -0.4 is 11.3 Å². The molecule has 2 aromatic rings. The fourth-order valence-electron chi connectivity index (χ4n) is 1.79. The van der Waals surface area contributed by atoms with Crippen LogP contribution >= 0.6 is 0 Å². The van der Waals surface area contributed by atoms with E-state index < -0.39 is 0 Å². The van der Waals surface area contributed by atoms with Gasteiger partial charge in [0.1, 0.15) is 0 Å². The van der Waals surface area contributed by atoms with Gasteiger partial charge < -0.3 is 0 Å². The minimum Gasteiger partial charge on any atom is -0.271 e. The largest absolute Gasteiger partial charge is 0.271 e. The molecule has 1 heterocycles. The summed E-state index contributed by atoms with van der Waals surface area (Å²) in [7, 11) is 0. The molecule has 0 bridgehead atoms. The standard InChI is InChI=1S/C14H18N4/c1-11(2)8-14(17-15)12-9-16-18(10-12)13-6-4-3-5-7-13/h3-10,14,17H,15H2,1-2H3. The Labute approximate surface area is 107 Å². The number of para-hydroxylation sites is 1. The highest BCUT2D eigenvalue weighted by molar-refractivity contribution is 5.32. The van der Waals surface area contributed by atoms with Crippen molar-refractivity contribution in [2.24, 2.45) is 5.84 Å². The molecule has 0 radical (unpaired) electrons. The predicted molar refractivity (Wildman–Crippen MR) is 73.1 cm³/mol. The van der Waals surface area contributed by atoms with Crippen LogP contribution in [0.1, 0.15) is 25.5 Å². The van der Waals surface area contributed by atoms with Gasteiger partial charge in [-0.2, -0.15) is 5.10 Å². The Morgan fingerprint density at radius 3 is 2.67 bits per heavy atom. The first kappa shape index (κ1) is 12.5. The molecular weight excluding hydrogens is 224 g/mol. The number of hydrazine groups is 1. The van der Waals surface area contributed by atoms with Crippen LogP contribution in [-0.4, -0.2) is 9.78 Å². The zero-order valence-electron chi connectivity index (χ0n) is 10.7. The lowest BCUT2D eigenvalue weighted by Gasteiger charge is -2.09. The van der Waals surface area contributed by atoms with Gasteiger partial charge in [0.15, 0.2) is 0 Å². The Balaban J connectivity index is 2.27. The van der Waals surface area contributed by atoms with Gasteiger partial charge in [0, 0.05) is 11.8 Å². The molecule has 4 nitrogen and oxygen atoms in total. The Bertz CT molecular complexity index is 524. The number of benzene rings is 1. The molecule has 0 aliphatic heterocycles. The molecule has 0 aliphatic carbocycles. The van der Waals surface area contributed by atoms with Crippen LogP contribution in [0.4, 0.5) is 0 Å². The minimum atomic E-state index is -0.00698. The quantitative estimate of drug-likeness (QED) is 0.491.